The lowest BCUT2D eigenvalue weighted by Gasteiger charge is -2.36. The molecule has 2 aromatic heterocycles. The van der Waals surface area contributed by atoms with Crippen molar-refractivity contribution in [2.24, 2.45) is 20.0 Å². The van der Waals surface area contributed by atoms with E-state index in [1.54, 1.807) is 25.0 Å². The topological polar surface area (TPSA) is 71.1 Å². The lowest BCUT2D eigenvalue weighted by atomic mass is 9.92. The largest absolute Gasteiger partial charge is 0.377 e. The molecule has 21 heavy (non-hydrogen) atoms. The summed E-state index contributed by atoms with van der Waals surface area (Å²) >= 11 is 0. The second-order valence-electron chi connectivity index (χ2n) is 5.65. The van der Waals surface area contributed by atoms with Crippen LogP contribution in [0.5, 0.6) is 0 Å². The van der Waals surface area contributed by atoms with Crippen LogP contribution in [-0.4, -0.2) is 31.4 Å². The predicted molar refractivity (Wildman–Crippen MR) is 78.4 cm³/mol. The van der Waals surface area contributed by atoms with Crippen molar-refractivity contribution in [2.75, 3.05) is 6.61 Å². The van der Waals surface area contributed by atoms with Gasteiger partial charge in [0, 0.05) is 26.6 Å². The number of hydrogen-bond acceptors (Lipinski definition) is 4. The first-order valence-corrected chi connectivity index (χ1v) is 7.27. The second kappa shape index (κ2) is 5.14. The van der Waals surface area contributed by atoms with Crippen molar-refractivity contribution in [1.82, 2.24) is 18.7 Å². The molecule has 7 heteroatoms. The molecule has 0 aromatic carbocycles. The summed E-state index contributed by atoms with van der Waals surface area (Å²) in [7, 11) is 3.41. The Labute approximate surface area is 121 Å². The first-order valence-electron chi connectivity index (χ1n) is 7.27. The van der Waals surface area contributed by atoms with Crippen molar-refractivity contribution in [3.63, 3.8) is 0 Å². The number of rotatable bonds is 4. The Morgan fingerprint density at radius 2 is 2.14 bits per heavy atom. The molecule has 2 aromatic rings. The van der Waals surface area contributed by atoms with E-state index in [2.05, 4.69) is 11.9 Å². The van der Waals surface area contributed by atoms with Crippen LogP contribution >= 0.6 is 0 Å². The fourth-order valence-corrected chi connectivity index (χ4v) is 2.98. The second-order valence-corrected chi connectivity index (χ2v) is 5.65. The molecule has 0 aliphatic carbocycles. The van der Waals surface area contributed by atoms with Crippen LogP contribution in [0.25, 0.3) is 11.2 Å². The molecule has 3 heterocycles. The van der Waals surface area contributed by atoms with Crippen LogP contribution < -0.4 is 11.2 Å². The van der Waals surface area contributed by atoms with Gasteiger partial charge in [-0.05, 0) is 12.8 Å². The van der Waals surface area contributed by atoms with E-state index >= 15 is 0 Å². The molecule has 3 rings (SSSR count). The maximum atomic E-state index is 12.5. The van der Waals surface area contributed by atoms with E-state index in [1.807, 2.05) is 0 Å². The lowest BCUT2D eigenvalue weighted by Crippen LogP contribution is -2.43. The Balaban J connectivity index is 1.97. The minimum Gasteiger partial charge on any atom is -0.377 e. The van der Waals surface area contributed by atoms with Crippen molar-refractivity contribution in [1.29, 1.82) is 0 Å². The summed E-state index contributed by atoms with van der Waals surface area (Å²) in [5, 5.41) is 0. The number of aromatic nitrogens is 4. The van der Waals surface area contributed by atoms with Crippen LogP contribution in [0.15, 0.2) is 15.9 Å². The van der Waals surface area contributed by atoms with Gasteiger partial charge in [-0.3, -0.25) is 13.9 Å². The molecule has 0 saturated carbocycles. The van der Waals surface area contributed by atoms with Crippen molar-refractivity contribution >= 4 is 11.2 Å². The van der Waals surface area contributed by atoms with Crippen LogP contribution in [0, 0.1) is 5.92 Å². The summed E-state index contributed by atoms with van der Waals surface area (Å²) in [5.41, 5.74) is 0.331. The number of aryl methyl sites for hydroxylation is 2. The van der Waals surface area contributed by atoms with Gasteiger partial charge in [0.05, 0.1) is 19.0 Å². The molecule has 0 amide bonds. The Bertz CT molecular complexity index is 784. The van der Waals surface area contributed by atoms with E-state index in [0.717, 1.165) is 19.4 Å². The molecule has 0 radical (unpaired) electrons. The Kier molecular flexibility index (Phi) is 3.44. The molecule has 1 saturated heterocycles. The maximum Gasteiger partial charge on any atom is 0.332 e. The molecule has 114 valence electrons. The molecule has 0 bridgehead atoms. The van der Waals surface area contributed by atoms with E-state index in [9.17, 15) is 9.59 Å². The minimum atomic E-state index is -0.306. The molecule has 1 fully saturated rings. The molecule has 1 aliphatic heterocycles. The summed E-state index contributed by atoms with van der Waals surface area (Å²) in [6.07, 6.45) is 3.59. The number of hydrogen-bond donors (Lipinski definition) is 0. The van der Waals surface area contributed by atoms with Gasteiger partial charge in [0.1, 0.15) is 0 Å². The molecular weight excluding hydrogens is 272 g/mol. The zero-order chi connectivity index (χ0) is 15.1. The summed E-state index contributed by atoms with van der Waals surface area (Å²) in [6.45, 7) is 3.24. The minimum absolute atomic E-state index is 0.263. The number of nitrogens with zero attached hydrogens (tertiary/aromatic N) is 4. The number of fused-ring (bicyclic) bond motifs is 1. The van der Waals surface area contributed by atoms with Gasteiger partial charge in [-0.1, -0.05) is 6.92 Å². The third-order valence-electron chi connectivity index (χ3n) is 4.38. The Hall–Kier alpha value is -1.89. The SMILES string of the molecule is CCC1OCC1CCn1c(=O)c2c(ncn2C)n(C)c1=O. The first-order chi connectivity index (χ1) is 10.0. The predicted octanol–water partition coefficient (Wildman–Crippen LogP) is 0.249. The third-order valence-corrected chi connectivity index (χ3v) is 4.38. The highest BCUT2D eigenvalue weighted by Gasteiger charge is 2.30. The summed E-state index contributed by atoms with van der Waals surface area (Å²) in [5.74, 6) is 0.439. The van der Waals surface area contributed by atoms with Crippen LogP contribution in [-0.2, 0) is 25.4 Å². The summed E-state index contributed by atoms with van der Waals surface area (Å²) < 4.78 is 9.87. The van der Waals surface area contributed by atoms with Gasteiger partial charge in [0.15, 0.2) is 11.2 Å². The smallest absolute Gasteiger partial charge is 0.332 e. The van der Waals surface area contributed by atoms with Gasteiger partial charge in [-0.25, -0.2) is 9.78 Å². The highest BCUT2D eigenvalue weighted by Crippen LogP contribution is 2.26. The Morgan fingerprint density at radius 1 is 1.38 bits per heavy atom. The standard InChI is InChI=1S/C14H20N4O3/c1-4-10-9(7-21-10)5-6-18-13(19)11-12(15-8-16(11)2)17(3)14(18)20/h8-10H,4-7H2,1-3H3. The van der Waals surface area contributed by atoms with E-state index < -0.39 is 0 Å². The molecule has 7 nitrogen and oxygen atoms in total. The van der Waals surface area contributed by atoms with Crippen molar-refractivity contribution in [3.05, 3.63) is 27.2 Å². The molecule has 1 aliphatic rings. The van der Waals surface area contributed by atoms with E-state index in [0.29, 0.717) is 23.6 Å². The molecule has 0 spiro atoms. The summed E-state index contributed by atoms with van der Waals surface area (Å²) in [6, 6.07) is 0. The van der Waals surface area contributed by atoms with Gasteiger partial charge < -0.3 is 9.30 Å². The van der Waals surface area contributed by atoms with E-state index in [-0.39, 0.29) is 17.4 Å². The third kappa shape index (κ3) is 2.12. The zero-order valence-electron chi connectivity index (χ0n) is 12.6. The number of ether oxygens (including phenoxy) is 1. The van der Waals surface area contributed by atoms with Crippen molar-refractivity contribution in [3.8, 4) is 0 Å². The van der Waals surface area contributed by atoms with Gasteiger partial charge in [0.2, 0.25) is 0 Å². The Morgan fingerprint density at radius 3 is 2.76 bits per heavy atom. The average molecular weight is 292 g/mol. The van der Waals surface area contributed by atoms with Crippen molar-refractivity contribution in [2.45, 2.75) is 32.4 Å². The molecule has 2 atom stereocenters. The van der Waals surface area contributed by atoms with Crippen molar-refractivity contribution < 1.29 is 4.74 Å². The first kappa shape index (κ1) is 14.1. The van der Waals surface area contributed by atoms with E-state index in [1.165, 1.54) is 9.13 Å². The summed E-state index contributed by atoms with van der Waals surface area (Å²) in [4.78, 5) is 29.0. The maximum absolute atomic E-state index is 12.5. The van der Waals surface area contributed by atoms with Gasteiger partial charge in [0.25, 0.3) is 5.56 Å². The molecule has 2 unspecified atom stereocenters. The normalized spacial score (nSPS) is 21.7. The van der Waals surface area contributed by atoms with Gasteiger partial charge in [-0.15, -0.1) is 0 Å². The van der Waals surface area contributed by atoms with Crippen LogP contribution in [0.2, 0.25) is 0 Å². The highest BCUT2D eigenvalue weighted by molar-refractivity contribution is 5.69. The molecule has 0 N–H and O–H groups in total. The van der Waals surface area contributed by atoms with E-state index in [4.69, 9.17) is 4.74 Å². The monoisotopic (exact) mass is 292 g/mol. The fourth-order valence-electron chi connectivity index (χ4n) is 2.98. The highest BCUT2D eigenvalue weighted by atomic mass is 16.5. The average Bonchev–Trinajstić information content (AvgIpc) is 2.81. The quantitative estimate of drug-likeness (QED) is 0.810. The van der Waals surface area contributed by atoms with Crippen LogP contribution in [0.4, 0.5) is 0 Å². The number of imidazole rings is 1. The fraction of sp³-hybridized carbons (Fsp3) is 0.643. The van der Waals surface area contributed by atoms with Gasteiger partial charge >= 0.3 is 5.69 Å². The van der Waals surface area contributed by atoms with Gasteiger partial charge in [-0.2, -0.15) is 0 Å². The van der Waals surface area contributed by atoms with Crippen LogP contribution in [0.3, 0.4) is 0 Å². The van der Waals surface area contributed by atoms with Crippen LogP contribution in [0.1, 0.15) is 19.8 Å². The zero-order valence-corrected chi connectivity index (χ0v) is 12.6. The molecular formula is C14H20N4O3. The lowest BCUT2D eigenvalue weighted by molar-refractivity contribution is -0.119.